The second-order valence-electron chi connectivity index (χ2n) is 4.87. The zero-order chi connectivity index (χ0) is 14.1. The molecule has 0 N–H and O–H groups in total. The smallest absolute Gasteiger partial charge is 0.193 e. The van der Waals surface area contributed by atoms with Gasteiger partial charge in [-0.3, -0.25) is 9.20 Å². The van der Waals surface area contributed by atoms with Crippen LogP contribution in [0.5, 0.6) is 0 Å². The molecule has 2 aromatic heterocycles. The molecule has 0 amide bonds. The molecule has 0 spiro atoms. The van der Waals surface area contributed by atoms with E-state index in [0.717, 1.165) is 21.9 Å². The van der Waals surface area contributed by atoms with Crippen LogP contribution in [0.4, 0.5) is 5.69 Å². The number of benzene rings is 1. The lowest BCUT2D eigenvalue weighted by Gasteiger charge is -2.12. The van der Waals surface area contributed by atoms with E-state index < -0.39 is 0 Å². The average molecular weight is 285 g/mol. The number of ketones is 1. The molecule has 3 rings (SSSR count). The lowest BCUT2D eigenvalue weighted by molar-refractivity contribution is 0.0992. The van der Waals surface area contributed by atoms with Gasteiger partial charge in [-0.15, -0.1) is 11.3 Å². The number of hydrogen-bond donors (Lipinski definition) is 0. The first-order valence-electron chi connectivity index (χ1n) is 6.35. The first kappa shape index (κ1) is 12.9. The summed E-state index contributed by atoms with van der Waals surface area (Å²) in [5, 5.41) is 1.98. The summed E-state index contributed by atoms with van der Waals surface area (Å²) in [6.07, 6.45) is 4.21. The van der Waals surface area contributed by atoms with Crippen molar-refractivity contribution in [3.05, 3.63) is 53.3 Å². The molecular formula is C15H15N3OS. The fourth-order valence-electron chi connectivity index (χ4n) is 2.07. The van der Waals surface area contributed by atoms with E-state index in [2.05, 4.69) is 4.98 Å². The lowest BCUT2D eigenvalue weighted by Crippen LogP contribution is -2.09. The van der Waals surface area contributed by atoms with Gasteiger partial charge in [0.15, 0.2) is 10.7 Å². The van der Waals surface area contributed by atoms with Crippen LogP contribution in [-0.4, -0.2) is 29.3 Å². The zero-order valence-electron chi connectivity index (χ0n) is 11.4. The number of rotatable bonds is 4. The van der Waals surface area contributed by atoms with Gasteiger partial charge in [-0.25, -0.2) is 4.98 Å². The average Bonchev–Trinajstić information content (AvgIpc) is 2.99. The predicted octanol–water partition coefficient (Wildman–Crippen LogP) is 2.89. The summed E-state index contributed by atoms with van der Waals surface area (Å²) in [6.45, 7) is 0. The van der Waals surface area contributed by atoms with E-state index in [-0.39, 0.29) is 5.78 Å². The molecule has 0 aliphatic carbocycles. The van der Waals surface area contributed by atoms with Crippen molar-refractivity contribution in [3.8, 4) is 0 Å². The number of carbonyl (C=O) groups is 1. The third-order valence-electron chi connectivity index (χ3n) is 3.19. The van der Waals surface area contributed by atoms with Crippen LogP contribution in [0.2, 0.25) is 0 Å². The highest BCUT2D eigenvalue weighted by atomic mass is 32.1. The summed E-state index contributed by atoms with van der Waals surface area (Å²) in [4.78, 5) is 19.6. The Labute approximate surface area is 121 Å². The van der Waals surface area contributed by atoms with Crippen LogP contribution in [0, 0.1) is 0 Å². The molecule has 0 aliphatic rings. The highest BCUT2D eigenvalue weighted by Crippen LogP contribution is 2.16. The standard InChI is InChI=1S/C15H15N3OS/c1-17(2)13-5-3-11(4-6-13)14(19)9-12-10-18-7-8-20-15(18)16-12/h3-8,10H,9H2,1-2H3. The van der Waals surface area contributed by atoms with E-state index in [9.17, 15) is 4.79 Å². The largest absolute Gasteiger partial charge is 0.378 e. The molecule has 0 saturated carbocycles. The third kappa shape index (κ3) is 2.44. The van der Waals surface area contributed by atoms with Crippen LogP contribution >= 0.6 is 11.3 Å². The number of fused-ring (bicyclic) bond motifs is 1. The molecule has 0 atom stereocenters. The fraction of sp³-hybridized carbons (Fsp3) is 0.200. The molecule has 1 aromatic carbocycles. The summed E-state index contributed by atoms with van der Waals surface area (Å²) in [5.74, 6) is 0.0982. The van der Waals surface area contributed by atoms with Crippen molar-refractivity contribution in [2.45, 2.75) is 6.42 Å². The number of Topliss-reactive ketones (excluding diaryl/α,β-unsaturated/α-hetero) is 1. The van der Waals surface area contributed by atoms with E-state index in [0.29, 0.717) is 6.42 Å². The number of nitrogens with zero attached hydrogens (tertiary/aromatic N) is 3. The minimum absolute atomic E-state index is 0.0982. The molecule has 2 heterocycles. The topological polar surface area (TPSA) is 37.6 Å². The van der Waals surface area contributed by atoms with Gasteiger partial charge >= 0.3 is 0 Å². The van der Waals surface area contributed by atoms with Gasteiger partial charge in [0.1, 0.15) is 0 Å². The van der Waals surface area contributed by atoms with Gasteiger partial charge in [-0.05, 0) is 24.3 Å². The molecule has 4 nitrogen and oxygen atoms in total. The van der Waals surface area contributed by atoms with Crippen LogP contribution in [0.15, 0.2) is 42.0 Å². The summed E-state index contributed by atoms with van der Waals surface area (Å²) in [6, 6.07) is 7.66. The van der Waals surface area contributed by atoms with Gasteiger partial charge in [0.25, 0.3) is 0 Å². The molecule has 0 saturated heterocycles. The van der Waals surface area contributed by atoms with Crippen molar-refractivity contribution >= 4 is 27.8 Å². The number of thiazole rings is 1. The maximum Gasteiger partial charge on any atom is 0.193 e. The highest BCUT2D eigenvalue weighted by molar-refractivity contribution is 7.15. The summed E-state index contributed by atoms with van der Waals surface area (Å²) < 4.78 is 1.95. The quantitative estimate of drug-likeness (QED) is 0.692. The molecule has 0 bridgehead atoms. The van der Waals surface area contributed by atoms with Crippen LogP contribution in [0.25, 0.3) is 4.96 Å². The van der Waals surface area contributed by atoms with Crippen LogP contribution < -0.4 is 4.90 Å². The summed E-state index contributed by atoms with van der Waals surface area (Å²) >= 11 is 1.57. The first-order chi connectivity index (χ1) is 9.63. The first-order valence-corrected chi connectivity index (χ1v) is 7.23. The van der Waals surface area contributed by atoms with Crippen molar-refractivity contribution in [2.75, 3.05) is 19.0 Å². The molecular weight excluding hydrogens is 270 g/mol. The molecule has 102 valence electrons. The van der Waals surface area contributed by atoms with Gasteiger partial charge in [0.2, 0.25) is 0 Å². The Kier molecular flexibility index (Phi) is 3.28. The molecule has 3 aromatic rings. The molecule has 20 heavy (non-hydrogen) atoms. The van der Waals surface area contributed by atoms with Crippen molar-refractivity contribution < 1.29 is 4.79 Å². The maximum absolute atomic E-state index is 12.2. The van der Waals surface area contributed by atoms with Crippen molar-refractivity contribution in [1.82, 2.24) is 9.38 Å². The Morgan fingerprint density at radius 2 is 2.05 bits per heavy atom. The number of aromatic nitrogens is 2. The van der Waals surface area contributed by atoms with Crippen molar-refractivity contribution in [1.29, 1.82) is 0 Å². The van der Waals surface area contributed by atoms with Crippen LogP contribution in [-0.2, 0) is 6.42 Å². The molecule has 0 aliphatic heterocycles. The van der Waals surface area contributed by atoms with E-state index in [1.807, 2.05) is 65.4 Å². The predicted molar refractivity (Wildman–Crippen MR) is 81.9 cm³/mol. The number of hydrogen-bond acceptors (Lipinski definition) is 4. The number of anilines is 1. The van der Waals surface area contributed by atoms with E-state index in [1.54, 1.807) is 11.3 Å². The second kappa shape index (κ2) is 5.09. The van der Waals surface area contributed by atoms with Crippen molar-refractivity contribution in [3.63, 3.8) is 0 Å². The monoisotopic (exact) mass is 285 g/mol. The van der Waals surface area contributed by atoms with E-state index in [4.69, 9.17) is 0 Å². The number of carbonyl (C=O) groups excluding carboxylic acids is 1. The zero-order valence-corrected chi connectivity index (χ0v) is 12.2. The minimum Gasteiger partial charge on any atom is -0.378 e. The van der Waals surface area contributed by atoms with Crippen molar-refractivity contribution in [2.24, 2.45) is 0 Å². The SMILES string of the molecule is CN(C)c1ccc(C(=O)Cc2cn3ccsc3n2)cc1. The minimum atomic E-state index is 0.0982. The summed E-state index contributed by atoms with van der Waals surface area (Å²) in [5.41, 5.74) is 2.63. The highest BCUT2D eigenvalue weighted by Gasteiger charge is 2.10. The van der Waals surface area contributed by atoms with E-state index in [1.165, 1.54) is 0 Å². The van der Waals surface area contributed by atoms with Crippen LogP contribution in [0.1, 0.15) is 16.1 Å². The van der Waals surface area contributed by atoms with Gasteiger partial charge in [0.05, 0.1) is 12.1 Å². The van der Waals surface area contributed by atoms with Gasteiger partial charge < -0.3 is 4.90 Å². The lowest BCUT2D eigenvalue weighted by atomic mass is 10.1. The Bertz CT molecular complexity index is 711. The van der Waals surface area contributed by atoms with E-state index >= 15 is 0 Å². The maximum atomic E-state index is 12.2. The van der Waals surface area contributed by atoms with Crippen LogP contribution in [0.3, 0.4) is 0 Å². The molecule has 0 radical (unpaired) electrons. The van der Waals surface area contributed by atoms with Gasteiger partial charge in [0, 0.05) is 43.1 Å². The Balaban J connectivity index is 1.77. The Morgan fingerprint density at radius 3 is 2.70 bits per heavy atom. The molecule has 0 unspecified atom stereocenters. The summed E-state index contributed by atoms with van der Waals surface area (Å²) in [7, 11) is 3.96. The third-order valence-corrected chi connectivity index (χ3v) is 3.96. The normalized spacial score (nSPS) is 10.9. The van der Waals surface area contributed by atoms with Gasteiger partial charge in [-0.1, -0.05) is 0 Å². The molecule has 0 fully saturated rings. The fourth-order valence-corrected chi connectivity index (χ4v) is 2.79. The number of imidazole rings is 1. The molecule has 5 heteroatoms. The Hall–Kier alpha value is -2.14. The second-order valence-corrected chi connectivity index (χ2v) is 5.74. The Morgan fingerprint density at radius 1 is 1.30 bits per heavy atom. The van der Waals surface area contributed by atoms with Gasteiger partial charge in [-0.2, -0.15) is 0 Å².